The zero-order valence-corrected chi connectivity index (χ0v) is 16.6. The van der Waals surface area contributed by atoms with Gasteiger partial charge in [-0.05, 0) is 42.5 Å². The Labute approximate surface area is 173 Å². The van der Waals surface area contributed by atoms with Crippen molar-refractivity contribution in [1.82, 2.24) is 9.55 Å². The van der Waals surface area contributed by atoms with E-state index in [0.717, 1.165) is 0 Å². The zero-order chi connectivity index (χ0) is 21.1. The van der Waals surface area contributed by atoms with Gasteiger partial charge in [0.2, 0.25) is 0 Å². The fourth-order valence-corrected chi connectivity index (χ4v) is 3.26. The Morgan fingerprint density at radius 1 is 0.933 bits per heavy atom. The molecule has 4 aromatic rings. The van der Waals surface area contributed by atoms with Gasteiger partial charge in [0.15, 0.2) is 11.5 Å². The molecule has 0 aliphatic heterocycles. The molecule has 3 aromatic carbocycles. The number of aromatic nitrogens is 2. The van der Waals surface area contributed by atoms with E-state index in [4.69, 9.17) is 9.47 Å². The number of benzene rings is 3. The van der Waals surface area contributed by atoms with Crippen LogP contribution in [0.2, 0.25) is 0 Å². The summed E-state index contributed by atoms with van der Waals surface area (Å²) in [6, 6.07) is 19.6. The van der Waals surface area contributed by atoms with E-state index < -0.39 is 0 Å². The van der Waals surface area contributed by atoms with Gasteiger partial charge in [-0.1, -0.05) is 30.3 Å². The summed E-state index contributed by atoms with van der Waals surface area (Å²) in [5.41, 5.74) is 1.58. The van der Waals surface area contributed by atoms with Gasteiger partial charge >= 0.3 is 0 Å². The minimum Gasteiger partial charge on any atom is -0.504 e. The summed E-state index contributed by atoms with van der Waals surface area (Å²) in [6.07, 6.45) is 3.40. The number of ether oxygens (including phenoxy) is 2. The van der Waals surface area contributed by atoms with E-state index >= 15 is 0 Å². The first kappa shape index (κ1) is 19.3. The van der Waals surface area contributed by atoms with E-state index in [1.54, 1.807) is 55.7 Å². The lowest BCUT2D eigenvalue weighted by molar-refractivity contribution is 0.373. The van der Waals surface area contributed by atoms with Gasteiger partial charge < -0.3 is 14.6 Å². The molecule has 4 rings (SSSR count). The van der Waals surface area contributed by atoms with E-state index in [1.165, 1.54) is 11.7 Å². The monoisotopic (exact) mass is 400 g/mol. The Morgan fingerprint density at radius 2 is 1.73 bits per heavy atom. The molecular weight excluding hydrogens is 380 g/mol. The van der Waals surface area contributed by atoms with Gasteiger partial charge in [0.25, 0.3) is 5.56 Å². The molecule has 150 valence electrons. The van der Waals surface area contributed by atoms with Crippen molar-refractivity contribution in [3.63, 3.8) is 0 Å². The Morgan fingerprint density at radius 3 is 2.53 bits per heavy atom. The number of para-hydroxylation sites is 2. The van der Waals surface area contributed by atoms with Gasteiger partial charge in [-0.15, -0.1) is 0 Å². The molecule has 0 bridgehead atoms. The highest BCUT2D eigenvalue weighted by atomic mass is 16.5. The van der Waals surface area contributed by atoms with Gasteiger partial charge in [-0.3, -0.25) is 9.36 Å². The van der Waals surface area contributed by atoms with Crippen molar-refractivity contribution in [1.29, 1.82) is 0 Å². The van der Waals surface area contributed by atoms with Crippen molar-refractivity contribution in [2.45, 2.75) is 0 Å². The number of hydrogen-bond acceptors (Lipinski definition) is 5. The standard InChI is InChI=1S/C24H20N2O4/c1-29-18-9-6-8-17(15-18)26-22(25-20-11-4-3-10-19(20)24(26)28)14-13-16-7-5-12-21(30-2)23(16)27/h3-15,27H,1-2H3/b14-13+. The summed E-state index contributed by atoms with van der Waals surface area (Å²) >= 11 is 0. The molecule has 0 aliphatic rings. The van der Waals surface area contributed by atoms with Crippen LogP contribution in [0.15, 0.2) is 71.5 Å². The third kappa shape index (κ3) is 3.51. The number of methoxy groups -OCH3 is 2. The van der Waals surface area contributed by atoms with Crippen molar-refractivity contribution in [3.05, 3.63) is 88.5 Å². The topological polar surface area (TPSA) is 73.6 Å². The Bertz CT molecular complexity index is 1310. The van der Waals surface area contributed by atoms with Crippen LogP contribution in [0.5, 0.6) is 17.2 Å². The number of nitrogens with zero attached hydrogens (tertiary/aromatic N) is 2. The van der Waals surface area contributed by atoms with Crippen LogP contribution < -0.4 is 15.0 Å². The molecule has 0 saturated carbocycles. The third-order valence-corrected chi connectivity index (χ3v) is 4.78. The first-order valence-electron chi connectivity index (χ1n) is 9.32. The maximum atomic E-state index is 13.3. The lowest BCUT2D eigenvalue weighted by Crippen LogP contribution is -2.22. The van der Waals surface area contributed by atoms with Gasteiger partial charge in [0.1, 0.15) is 11.6 Å². The molecule has 6 heteroatoms. The molecule has 0 spiro atoms. The van der Waals surface area contributed by atoms with Crippen LogP contribution in [0.1, 0.15) is 11.4 Å². The van der Waals surface area contributed by atoms with Gasteiger partial charge in [-0.25, -0.2) is 4.98 Å². The summed E-state index contributed by atoms with van der Waals surface area (Å²) < 4.78 is 12.0. The van der Waals surface area contributed by atoms with Gasteiger partial charge in [0.05, 0.1) is 30.8 Å². The van der Waals surface area contributed by atoms with Gasteiger partial charge in [-0.2, -0.15) is 0 Å². The summed E-state index contributed by atoms with van der Waals surface area (Å²) in [5.74, 6) is 1.45. The summed E-state index contributed by atoms with van der Waals surface area (Å²) in [6.45, 7) is 0. The quantitative estimate of drug-likeness (QED) is 0.541. The second-order valence-electron chi connectivity index (χ2n) is 6.56. The first-order valence-corrected chi connectivity index (χ1v) is 9.32. The maximum absolute atomic E-state index is 13.3. The molecule has 0 radical (unpaired) electrons. The molecule has 1 N–H and O–H groups in total. The number of aromatic hydroxyl groups is 1. The molecule has 1 aromatic heterocycles. The minimum absolute atomic E-state index is 0.0207. The second kappa shape index (κ2) is 8.13. The van der Waals surface area contributed by atoms with E-state index in [2.05, 4.69) is 4.98 Å². The summed E-state index contributed by atoms with van der Waals surface area (Å²) in [4.78, 5) is 18.0. The summed E-state index contributed by atoms with van der Waals surface area (Å²) in [5, 5.41) is 10.9. The molecule has 30 heavy (non-hydrogen) atoms. The normalized spacial score (nSPS) is 11.1. The lowest BCUT2D eigenvalue weighted by Gasteiger charge is -2.12. The molecule has 0 unspecified atom stereocenters. The fraction of sp³-hybridized carbons (Fsp3) is 0.0833. The molecule has 0 fully saturated rings. The highest BCUT2D eigenvalue weighted by molar-refractivity contribution is 5.80. The Hall–Kier alpha value is -4.06. The molecule has 0 amide bonds. The Kier molecular flexibility index (Phi) is 5.22. The largest absolute Gasteiger partial charge is 0.504 e. The van der Waals surface area contributed by atoms with Gasteiger partial charge in [0, 0.05) is 11.6 Å². The van der Waals surface area contributed by atoms with Crippen LogP contribution in [0.3, 0.4) is 0 Å². The fourth-order valence-electron chi connectivity index (χ4n) is 3.26. The van der Waals surface area contributed by atoms with Crippen molar-refractivity contribution in [3.8, 4) is 22.9 Å². The average molecular weight is 400 g/mol. The number of phenols is 1. The smallest absolute Gasteiger partial charge is 0.266 e. The molecule has 0 saturated heterocycles. The molecule has 6 nitrogen and oxygen atoms in total. The van der Waals surface area contributed by atoms with Crippen LogP contribution in [-0.2, 0) is 0 Å². The minimum atomic E-state index is -0.191. The van der Waals surface area contributed by atoms with Crippen LogP contribution >= 0.6 is 0 Å². The highest BCUT2D eigenvalue weighted by Gasteiger charge is 2.12. The Balaban J connectivity index is 1.93. The van der Waals surface area contributed by atoms with E-state index in [-0.39, 0.29) is 11.3 Å². The van der Waals surface area contributed by atoms with Crippen molar-refractivity contribution in [2.24, 2.45) is 0 Å². The van der Waals surface area contributed by atoms with E-state index in [0.29, 0.717) is 39.5 Å². The number of hydrogen-bond donors (Lipinski definition) is 1. The van der Waals surface area contributed by atoms with E-state index in [1.807, 2.05) is 30.3 Å². The molecule has 0 atom stereocenters. The molecular formula is C24H20N2O4. The predicted octanol–water partition coefficient (Wildman–Crippen LogP) is 4.28. The van der Waals surface area contributed by atoms with E-state index in [9.17, 15) is 9.90 Å². The average Bonchev–Trinajstić information content (AvgIpc) is 2.78. The first-order chi connectivity index (χ1) is 14.6. The summed E-state index contributed by atoms with van der Waals surface area (Å²) in [7, 11) is 3.07. The predicted molar refractivity (Wildman–Crippen MR) is 117 cm³/mol. The van der Waals surface area contributed by atoms with Crippen LogP contribution in [0.4, 0.5) is 0 Å². The molecule has 1 heterocycles. The second-order valence-corrected chi connectivity index (χ2v) is 6.56. The maximum Gasteiger partial charge on any atom is 0.266 e. The van der Waals surface area contributed by atoms with Crippen molar-refractivity contribution >= 4 is 23.1 Å². The SMILES string of the molecule is COc1cccc(-n2c(/C=C/c3cccc(OC)c3O)nc3ccccc3c2=O)c1. The number of rotatable bonds is 5. The highest BCUT2D eigenvalue weighted by Crippen LogP contribution is 2.30. The third-order valence-electron chi connectivity index (χ3n) is 4.78. The molecule has 0 aliphatic carbocycles. The number of phenolic OH excluding ortho intramolecular Hbond substituents is 1. The van der Waals surface area contributed by atoms with Crippen molar-refractivity contribution in [2.75, 3.05) is 14.2 Å². The van der Waals surface area contributed by atoms with Crippen LogP contribution in [-0.4, -0.2) is 28.9 Å². The van der Waals surface area contributed by atoms with Crippen LogP contribution in [0, 0.1) is 0 Å². The zero-order valence-electron chi connectivity index (χ0n) is 16.6. The number of fused-ring (bicyclic) bond motifs is 1. The lowest BCUT2D eigenvalue weighted by atomic mass is 10.1. The van der Waals surface area contributed by atoms with Crippen LogP contribution in [0.25, 0.3) is 28.7 Å². The van der Waals surface area contributed by atoms with Crippen molar-refractivity contribution < 1.29 is 14.6 Å².